The molecule has 0 spiro atoms. The van der Waals surface area contributed by atoms with Crippen LogP contribution in [0, 0.1) is 5.92 Å². The van der Waals surface area contributed by atoms with Gasteiger partial charge < -0.3 is 10.8 Å². The highest BCUT2D eigenvalue weighted by Gasteiger charge is 2.20. The summed E-state index contributed by atoms with van der Waals surface area (Å²) in [7, 11) is 1.42. The number of carbonyl (C=O) groups is 1. The molecule has 0 atom stereocenters. The van der Waals surface area contributed by atoms with Gasteiger partial charge in [0.25, 0.3) is 5.91 Å². The number of hydrogen-bond acceptors (Lipinski definition) is 4. The predicted molar refractivity (Wildman–Crippen MR) is 65.4 cm³/mol. The summed E-state index contributed by atoms with van der Waals surface area (Å²) in [5.41, 5.74) is 5.86. The molecule has 0 saturated carbocycles. The second-order valence-electron chi connectivity index (χ2n) is 4.19. The lowest BCUT2D eigenvalue weighted by molar-refractivity contribution is -0.101. The van der Waals surface area contributed by atoms with Gasteiger partial charge in [0, 0.05) is 0 Å². The van der Waals surface area contributed by atoms with Crippen molar-refractivity contribution in [1.29, 1.82) is 0 Å². The van der Waals surface area contributed by atoms with E-state index in [1.807, 2.05) is 13.8 Å². The van der Waals surface area contributed by atoms with E-state index in [2.05, 4.69) is 0 Å². The highest BCUT2D eigenvalue weighted by atomic mass is 16.7. The van der Waals surface area contributed by atoms with Crippen LogP contribution in [0.3, 0.4) is 0 Å². The summed E-state index contributed by atoms with van der Waals surface area (Å²) in [4.78, 5) is 17.1. The van der Waals surface area contributed by atoms with Crippen molar-refractivity contribution in [2.24, 2.45) is 5.92 Å². The number of para-hydroxylation sites is 1. The van der Waals surface area contributed by atoms with Gasteiger partial charge in [0.15, 0.2) is 5.75 Å². The van der Waals surface area contributed by atoms with Crippen LogP contribution in [0.2, 0.25) is 0 Å². The zero-order valence-corrected chi connectivity index (χ0v) is 10.3. The molecule has 3 N–H and O–H groups in total. The minimum atomic E-state index is -0.397. The second kappa shape index (κ2) is 5.54. The number of anilines is 1. The van der Waals surface area contributed by atoms with Crippen molar-refractivity contribution < 1.29 is 14.7 Å². The van der Waals surface area contributed by atoms with Crippen LogP contribution in [0.5, 0.6) is 5.75 Å². The topological polar surface area (TPSA) is 75.8 Å². The number of hydrogen-bond donors (Lipinski definition) is 2. The van der Waals surface area contributed by atoms with Gasteiger partial charge in [0.1, 0.15) is 0 Å². The normalized spacial score (nSPS) is 10.6. The molecule has 0 bridgehead atoms. The number of nitrogen functional groups attached to an aromatic ring is 1. The third-order valence-electron chi connectivity index (χ3n) is 2.28. The number of carbonyl (C=O) groups excluding carboxylic acids is 1. The Morgan fingerprint density at radius 3 is 2.71 bits per heavy atom. The Kier molecular flexibility index (Phi) is 4.34. The summed E-state index contributed by atoms with van der Waals surface area (Å²) in [5, 5.41) is 10.9. The van der Waals surface area contributed by atoms with Gasteiger partial charge in [0.05, 0.1) is 24.9 Å². The molecule has 0 aliphatic carbocycles. The van der Waals surface area contributed by atoms with Crippen LogP contribution in [0.4, 0.5) is 5.69 Å². The minimum Gasteiger partial charge on any atom is -0.505 e. The summed E-state index contributed by atoms with van der Waals surface area (Å²) >= 11 is 0. The average Bonchev–Trinajstić information content (AvgIpc) is 2.28. The Bertz CT molecular complexity index is 405. The molecule has 0 radical (unpaired) electrons. The second-order valence-corrected chi connectivity index (χ2v) is 4.19. The summed E-state index contributed by atoms with van der Waals surface area (Å²) in [6.07, 6.45) is 0. The standard InChI is InChI=1S/C12H18N2O3/c1-8(2)7-14(17-3)12(16)9-5-4-6-10(13)11(9)15/h4-6,8,15H,7,13H2,1-3H3. The van der Waals surface area contributed by atoms with Crippen molar-refractivity contribution in [3.8, 4) is 5.75 Å². The molecule has 5 heteroatoms. The summed E-state index contributed by atoms with van der Waals surface area (Å²) < 4.78 is 0. The lowest BCUT2D eigenvalue weighted by Gasteiger charge is -2.22. The Morgan fingerprint density at radius 2 is 2.18 bits per heavy atom. The van der Waals surface area contributed by atoms with Gasteiger partial charge in [-0.2, -0.15) is 0 Å². The van der Waals surface area contributed by atoms with E-state index >= 15 is 0 Å². The van der Waals surface area contributed by atoms with Crippen LogP contribution < -0.4 is 5.73 Å². The molecule has 17 heavy (non-hydrogen) atoms. The Balaban J connectivity index is 2.98. The molecule has 5 nitrogen and oxygen atoms in total. The lowest BCUT2D eigenvalue weighted by atomic mass is 10.1. The first kappa shape index (κ1) is 13.3. The molecule has 0 aliphatic heterocycles. The summed E-state index contributed by atoms with van der Waals surface area (Å²) in [6.45, 7) is 4.39. The third-order valence-corrected chi connectivity index (χ3v) is 2.28. The van der Waals surface area contributed by atoms with Crippen molar-refractivity contribution in [3.05, 3.63) is 23.8 Å². The maximum absolute atomic E-state index is 12.1. The third kappa shape index (κ3) is 3.10. The number of aromatic hydroxyl groups is 1. The van der Waals surface area contributed by atoms with Crippen molar-refractivity contribution in [2.45, 2.75) is 13.8 Å². The number of phenols is 1. The van der Waals surface area contributed by atoms with E-state index < -0.39 is 5.91 Å². The quantitative estimate of drug-likeness (QED) is 0.475. The largest absolute Gasteiger partial charge is 0.505 e. The van der Waals surface area contributed by atoms with E-state index in [0.717, 1.165) is 0 Å². The van der Waals surface area contributed by atoms with Crippen LogP contribution in [-0.2, 0) is 4.84 Å². The fourth-order valence-electron chi connectivity index (χ4n) is 1.44. The highest BCUT2D eigenvalue weighted by Crippen LogP contribution is 2.25. The van der Waals surface area contributed by atoms with Crippen LogP contribution in [-0.4, -0.2) is 29.7 Å². The maximum atomic E-state index is 12.1. The van der Waals surface area contributed by atoms with Crippen molar-refractivity contribution in [1.82, 2.24) is 5.06 Å². The minimum absolute atomic E-state index is 0.146. The van der Waals surface area contributed by atoms with Crippen LogP contribution in [0.25, 0.3) is 0 Å². The predicted octanol–water partition coefficient (Wildman–Crippen LogP) is 1.63. The van der Waals surface area contributed by atoms with Crippen molar-refractivity contribution in [2.75, 3.05) is 19.4 Å². The number of hydroxylamine groups is 2. The van der Waals surface area contributed by atoms with E-state index in [1.165, 1.54) is 24.3 Å². The first-order chi connectivity index (χ1) is 7.97. The van der Waals surface area contributed by atoms with Crippen LogP contribution in [0.15, 0.2) is 18.2 Å². The molecule has 1 aromatic rings. The van der Waals surface area contributed by atoms with E-state index in [-0.39, 0.29) is 22.9 Å². The van der Waals surface area contributed by atoms with Gasteiger partial charge in [-0.1, -0.05) is 19.9 Å². The van der Waals surface area contributed by atoms with Gasteiger partial charge >= 0.3 is 0 Å². The number of nitrogens with zero attached hydrogens (tertiary/aromatic N) is 1. The Morgan fingerprint density at radius 1 is 1.53 bits per heavy atom. The number of phenolic OH excluding ortho intramolecular Hbond substituents is 1. The molecular weight excluding hydrogens is 220 g/mol. The molecule has 0 unspecified atom stereocenters. The van der Waals surface area contributed by atoms with Gasteiger partial charge in [-0.15, -0.1) is 0 Å². The van der Waals surface area contributed by atoms with Crippen LogP contribution >= 0.6 is 0 Å². The number of amides is 1. The molecule has 1 amide bonds. The maximum Gasteiger partial charge on any atom is 0.281 e. The number of rotatable bonds is 4. The van der Waals surface area contributed by atoms with Gasteiger partial charge in [-0.3, -0.25) is 9.63 Å². The summed E-state index contributed by atoms with van der Waals surface area (Å²) in [5.74, 6) is -0.337. The molecule has 1 rings (SSSR count). The van der Waals surface area contributed by atoms with E-state index in [9.17, 15) is 9.90 Å². The van der Waals surface area contributed by atoms with E-state index in [4.69, 9.17) is 10.6 Å². The zero-order chi connectivity index (χ0) is 13.0. The van der Waals surface area contributed by atoms with E-state index in [1.54, 1.807) is 6.07 Å². The Labute approximate surface area is 101 Å². The monoisotopic (exact) mass is 238 g/mol. The first-order valence-electron chi connectivity index (χ1n) is 5.40. The molecular formula is C12H18N2O3. The Hall–Kier alpha value is -1.75. The average molecular weight is 238 g/mol. The molecule has 0 fully saturated rings. The van der Waals surface area contributed by atoms with E-state index in [0.29, 0.717) is 6.54 Å². The fourth-order valence-corrected chi connectivity index (χ4v) is 1.44. The fraction of sp³-hybridized carbons (Fsp3) is 0.417. The SMILES string of the molecule is CON(CC(C)C)C(=O)c1cccc(N)c1O. The summed E-state index contributed by atoms with van der Waals surface area (Å²) in [6, 6.07) is 4.66. The molecule has 0 heterocycles. The molecule has 94 valence electrons. The number of benzene rings is 1. The highest BCUT2D eigenvalue weighted by molar-refractivity contribution is 5.97. The molecule has 0 aliphatic rings. The number of nitrogens with two attached hydrogens (primary N) is 1. The van der Waals surface area contributed by atoms with Crippen molar-refractivity contribution in [3.63, 3.8) is 0 Å². The smallest absolute Gasteiger partial charge is 0.281 e. The molecule has 0 aromatic heterocycles. The lowest BCUT2D eigenvalue weighted by Crippen LogP contribution is -2.33. The van der Waals surface area contributed by atoms with Crippen LogP contribution in [0.1, 0.15) is 24.2 Å². The molecule has 0 saturated heterocycles. The zero-order valence-electron chi connectivity index (χ0n) is 10.3. The van der Waals surface area contributed by atoms with Crippen molar-refractivity contribution >= 4 is 11.6 Å². The molecule has 1 aromatic carbocycles. The van der Waals surface area contributed by atoms with Gasteiger partial charge in [0.2, 0.25) is 0 Å². The van der Waals surface area contributed by atoms with Gasteiger partial charge in [-0.05, 0) is 18.1 Å². The first-order valence-corrected chi connectivity index (χ1v) is 5.40. The van der Waals surface area contributed by atoms with Gasteiger partial charge in [-0.25, -0.2) is 5.06 Å².